The second-order valence-corrected chi connectivity index (χ2v) is 7.09. The van der Waals surface area contributed by atoms with Crippen LogP contribution in [-0.4, -0.2) is 14.8 Å². The van der Waals surface area contributed by atoms with Crippen molar-refractivity contribution in [2.75, 3.05) is 0 Å². The van der Waals surface area contributed by atoms with Gasteiger partial charge in [0.15, 0.2) is 0 Å². The number of aryl methyl sites for hydroxylation is 1. The van der Waals surface area contributed by atoms with Crippen molar-refractivity contribution in [2.24, 2.45) is 0 Å². The van der Waals surface area contributed by atoms with Crippen LogP contribution in [0, 0.1) is 0 Å². The molecule has 0 aliphatic heterocycles. The Bertz CT molecular complexity index is 850. The molecule has 128 valence electrons. The molecule has 0 saturated heterocycles. The van der Waals surface area contributed by atoms with Crippen LogP contribution in [0.2, 0.25) is 0 Å². The van der Waals surface area contributed by atoms with E-state index in [0.29, 0.717) is 12.8 Å². The zero-order valence-corrected chi connectivity index (χ0v) is 13.2. The van der Waals surface area contributed by atoms with E-state index in [2.05, 4.69) is 9.46 Å². The minimum Gasteiger partial charge on any atom is -0.404 e. The zero-order valence-electron chi connectivity index (χ0n) is 12.4. The lowest BCUT2D eigenvalue weighted by Crippen LogP contribution is -2.28. The molecule has 3 rings (SSSR count). The Labute approximate surface area is 137 Å². The van der Waals surface area contributed by atoms with Crippen LogP contribution in [0.3, 0.4) is 0 Å². The maximum Gasteiger partial charge on any atom is 0.573 e. The first-order chi connectivity index (χ1) is 11.3. The third-order valence-corrected chi connectivity index (χ3v) is 5.31. The molecule has 0 fully saturated rings. The first-order valence-electron chi connectivity index (χ1n) is 7.21. The Morgan fingerprint density at radius 1 is 1.04 bits per heavy atom. The van der Waals surface area contributed by atoms with Crippen LogP contribution in [0.4, 0.5) is 13.2 Å². The quantitative estimate of drug-likeness (QED) is 0.910. The van der Waals surface area contributed by atoms with Gasteiger partial charge in [0.2, 0.25) is 10.0 Å². The lowest BCUT2D eigenvalue weighted by atomic mass is 10.1. The topological polar surface area (TPSA) is 55.4 Å². The molecule has 1 unspecified atom stereocenters. The van der Waals surface area contributed by atoms with Crippen molar-refractivity contribution >= 4 is 10.0 Å². The highest BCUT2D eigenvalue weighted by Gasteiger charge is 2.35. The smallest absolute Gasteiger partial charge is 0.404 e. The van der Waals surface area contributed by atoms with Crippen LogP contribution in [0.1, 0.15) is 23.6 Å². The fraction of sp³-hybridized carbons (Fsp3) is 0.250. The third-order valence-electron chi connectivity index (χ3n) is 3.79. The number of hydrogen-bond donors (Lipinski definition) is 1. The SMILES string of the molecule is O=S(=O)(NC1CCc2ccccc21)c1ccccc1OC(F)(F)F. The minimum atomic E-state index is -4.97. The molecule has 2 aromatic carbocycles. The second kappa shape index (κ2) is 6.10. The summed E-state index contributed by atoms with van der Waals surface area (Å²) in [6, 6.07) is 11.6. The molecule has 2 aromatic rings. The van der Waals surface area contributed by atoms with E-state index in [1.54, 1.807) is 6.07 Å². The molecule has 1 N–H and O–H groups in total. The third kappa shape index (κ3) is 3.54. The molecular weight excluding hydrogens is 343 g/mol. The fourth-order valence-electron chi connectivity index (χ4n) is 2.81. The van der Waals surface area contributed by atoms with Crippen LogP contribution in [-0.2, 0) is 16.4 Å². The number of hydrogen-bond acceptors (Lipinski definition) is 3. The van der Waals surface area contributed by atoms with Crippen molar-refractivity contribution < 1.29 is 26.3 Å². The standard InChI is InChI=1S/C16H14F3NO3S/c17-16(18,19)23-14-7-3-4-8-15(14)24(21,22)20-13-10-9-11-5-1-2-6-12(11)13/h1-8,13,20H,9-10H2. The molecule has 1 aliphatic rings. The normalized spacial score (nSPS) is 17.5. The summed E-state index contributed by atoms with van der Waals surface area (Å²) >= 11 is 0. The van der Waals surface area contributed by atoms with Crippen LogP contribution >= 0.6 is 0 Å². The molecule has 0 aromatic heterocycles. The van der Waals surface area contributed by atoms with Crippen molar-refractivity contribution in [2.45, 2.75) is 30.1 Å². The highest BCUT2D eigenvalue weighted by molar-refractivity contribution is 7.89. The van der Waals surface area contributed by atoms with Gasteiger partial charge in [0.1, 0.15) is 10.6 Å². The van der Waals surface area contributed by atoms with Gasteiger partial charge < -0.3 is 4.74 Å². The van der Waals surface area contributed by atoms with Gasteiger partial charge in [-0.15, -0.1) is 13.2 Å². The summed E-state index contributed by atoms with van der Waals surface area (Å²) in [7, 11) is -4.16. The van der Waals surface area contributed by atoms with Crippen molar-refractivity contribution in [1.29, 1.82) is 0 Å². The Morgan fingerprint density at radius 2 is 1.71 bits per heavy atom. The maximum absolute atomic E-state index is 12.5. The molecule has 8 heteroatoms. The lowest BCUT2D eigenvalue weighted by Gasteiger charge is -2.17. The molecule has 0 spiro atoms. The van der Waals surface area contributed by atoms with Gasteiger partial charge in [-0.05, 0) is 36.1 Å². The van der Waals surface area contributed by atoms with Gasteiger partial charge in [-0.25, -0.2) is 13.1 Å². The number of fused-ring (bicyclic) bond motifs is 1. The van der Waals surface area contributed by atoms with E-state index in [4.69, 9.17) is 0 Å². The van der Waals surface area contributed by atoms with Crippen molar-refractivity contribution in [3.63, 3.8) is 0 Å². The Morgan fingerprint density at radius 3 is 2.46 bits per heavy atom. The summed E-state index contributed by atoms with van der Waals surface area (Å²) in [5, 5.41) is 0. The van der Waals surface area contributed by atoms with Crippen molar-refractivity contribution in [3.8, 4) is 5.75 Å². The van der Waals surface area contributed by atoms with Crippen LogP contribution in [0.5, 0.6) is 5.75 Å². The first kappa shape index (κ1) is 16.8. The largest absolute Gasteiger partial charge is 0.573 e. The number of nitrogens with one attached hydrogen (secondary N) is 1. The molecule has 1 aliphatic carbocycles. The highest BCUT2D eigenvalue weighted by atomic mass is 32.2. The summed E-state index contributed by atoms with van der Waals surface area (Å²) in [6.07, 6.45) is -3.70. The second-order valence-electron chi connectivity index (χ2n) is 5.41. The molecule has 0 bridgehead atoms. The number of rotatable bonds is 4. The van der Waals surface area contributed by atoms with Gasteiger partial charge in [0, 0.05) is 6.04 Å². The average Bonchev–Trinajstić information content (AvgIpc) is 2.89. The number of para-hydroxylation sites is 1. The highest BCUT2D eigenvalue weighted by Crippen LogP contribution is 2.34. The van der Waals surface area contributed by atoms with E-state index in [0.717, 1.165) is 23.3 Å². The molecule has 0 radical (unpaired) electrons. The van der Waals surface area contributed by atoms with E-state index in [1.165, 1.54) is 12.1 Å². The van der Waals surface area contributed by atoms with E-state index in [1.807, 2.05) is 18.2 Å². The number of sulfonamides is 1. The van der Waals surface area contributed by atoms with Crippen LogP contribution in [0.25, 0.3) is 0 Å². The van der Waals surface area contributed by atoms with E-state index >= 15 is 0 Å². The summed E-state index contributed by atoms with van der Waals surface area (Å²) < 4.78 is 68.8. The maximum atomic E-state index is 12.5. The summed E-state index contributed by atoms with van der Waals surface area (Å²) in [5.41, 5.74) is 1.88. The van der Waals surface area contributed by atoms with Crippen LogP contribution < -0.4 is 9.46 Å². The molecule has 4 nitrogen and oxygen atoms in total. The predicted molar refractivity (Wildman–Crippen MR) is 81.0 cm³/mol. The number of halogens is 3. The molecule has 0 heterocycles. The average molecular weight is 357 g/mol. The van der Waals surface area contributed by atoms with Gasteiger partial charge in [0.25, 0.3) is 0 Å². The molecule has 0 amide bonds. The zero-order chi connectivity index (χ0) is 17.4. The van der Waals surface area contributed by atoms with E-state index < -0.39 is 33.1 Å². The number of alkyl halides is 3. The van der Waals surface area contributed by atoms with E-state index in [9.17, 15) is 21.6 Å². The number of benzene rings is 2. The summed E-state index contributed by atoms with van der Waals surface area (Å²) in [4.78, 5) is -0.535. The minimum absolute atomic E-state index is 0.467. The summed E-state index contributed by atoms with van der Waals surface area (Å²) in [6.45, 7) is 0. The van der Waals surface area contributed by atoms with Gasteiger partial charge in [0.05, 0.1) is 0 Å². The Balaban J connectivity index is 1.90. The Hall–Kier alpha value is -2.06. The summed E-state index contributed by atoms with van der Waals surface area (Å²) in [5.74, 6) is -0.746. The van der Waals surface area contributed by atoms with Gasteiger partial charge in [-0.2, -0.15) is 0 Å². The number of ether oxygens (including phenoxy) is 1. The van der Waals surface area contributed by atoms with Crippen LogP contribution in [0.15, 0.2) is 53.4 Å². The first-order valence-corrected chi connectivity index (χ1v) is 8.69. The van der Waals surface area contributed by atoms with Gasteiger partial charge in [-0.1, -0.05) is 36.4 Å². The Kier molecular flexibility index (Phi) is 4.27. The van der Waals surface area contributed by atoms with Crippen molar-refractivity contribution in [3.05, 3.63) is 59.7 Å². The lowest BCUT2D eigenvalue weighted by molar-refractivity contribution is -0.275. The molecule has 24 heavy (non-hydrogen) atoms. The monoisotopic (exact) mass is 357 g/mol. The fourth-order valence-corrected chi connectivity index (χ4v) is 4.19. The predicted octanol–water partition coefficient (Wildman–Crippen LogP) is 3.55. The molecule has 1 atom stereocenters. The molecule has 0 saturated carbocycles. The van der Waals surface area contributed by atoms with Crippen molar-refractivity contribution in [1.82, 2.24) is 4.72 Å². The van der Waals surface area contributed by atoms with Gasteiger partial charge in [-0.3, -0.25) is 0 Å². The van der Waals surface area contributed by atoms with E-state index in [-0.39, 0.29) is 0 Å². The molecular formula is C16H14F3NO3S. The van der Waals surface area contributed by atoms with Gasteiger partial charge >= 0.3 is 6.36 Å².